The van der Waals surface area contributed by atoms with E-state index in [4.69, 9.17) is 10.5 Å². The Balaban J connectivity index is 2.10. The van der Waals surface area contributed by atoms with Crippen LogP contribution in [0.4, 0.5) is 0 Å². The van der Waals surface area contributed by atoms with Crippen LogP contribution in [0.25, 0.3) is 0 Å². The summed E-state index contributed by atoms with van der Waals surface area (Å²) in [5.74, 6) is 0. The van der Waals surface area contributed by atoms with E-state index in [-0.39, 0.29) is 6.10 Å². The molecular formula is C17H21NO. The summed E-state index contributed by atoms with van der Waals surface area (Å²) in [5.41, 5.74) is 7.90. The molecule has 0 atom stereocenters. The molecule has 0 aliphatic heterocycles. The second kappa shape index (κ2) is 7.72. The second-order valence-corrected chi connectivity index (χ2v) is 4.57. The van der Waals surface area contributed by atoms with Gasteiger partial charge in [-0.2, -0.15) is 0 Å². The van der Waals surface area contributed by atoms with E-state index >= 15 is 0 Å². The van der Waals surface area contributed by atoms with Gasteiger partial charge in [0.1, 0.15) is 6.10 Å². The van der Waals surface area contributed by atoms with Crippen LogP contribution in [-0.2, 0) is 4.74 Å². The Labute approximate surface area is 115 Å². The van der Waals surface area contributed by atoms with Gasteiger partial charge in [-0.05, 0) is 30.5 Å². The van der Waals surface area contributed by atoms with Crippen LogP contribution >= 0.6 is 0 Å². The molecule has 100 valence electrons. The lowest BCUT2D eigenvalue weighted by Gasteiger charge is -2.19. The molecule has 0 fully saturated rings. The molecule has 2 heteroatoms. The molecule has 2 aromatic rings. The molecule has 0 spiro atoms. The van der Waals surface area contributed by atoms with Gasteiger partial charge in [0, 0.05) is 6.61 Å². The van der Waals surface area contributed by atoms with Crippen molar-refractivity contribution in [2.75, 3.05) is 13.2 Å². The van der Waals surface area contributed by atoms with Gasteiger partial charge in [0.15, 0.2) is 0 Å². The molecule has 0 saturated heterocycles. The largest absolute Gasteiger partial charge is 0.369 e. The van der Waals surface area contributed by atoms with Crippen molar-refractivity contribution in [3.63, 3.8) is 0 Å². The topological polar surface area (TPSA) is 35.2 Å². The molecular weight excluding hydrogens is 234 g/mol. The quantitative estimate of drug-likeness (QED) is 0.768. The van der Waals surface area contributed by atoms with Crippen molar-refractivity contribution in [2.45, 2.75) is 18.9 Å². The number of ether oxygens (including phenoxy) is 1. The average molecular weight is 255 g/mol. The predicted molar refractivity (Wildman–Crippen MR) is 79.0 cm³/mol. The average Bonchev–Trinajstić information content (AvgIpc) is 2.49. The van der Waals surface area contributed by atoms with Crippen LogP contribution in [0.1, 0.15) is 30.1 Å². The fourth-order valence-corrected chi connectivity index (χ4v) is 2.09. The summed E-state index contributed by atoms with van der Waals surface area (Å²) in [7, 11) is 0. The standard InChI is InChI=1S/C17H21NO/c18-13-7-8-14-19-17(15-9-3-1-4-10-15)16-11-5-2-6-12-16/h1-6,9-12,17H,7-8,13-14,18H2. The first-order chi connectivity index (χ1) is 9.42. The van der Waals surface area contributed by atoms with Crippen molar-refractivity contribution >= 4 is 0 Å². The number of nitrogens with two attached hydrogens (primary N) is 1. The van der Waals surface area contributed by atoms with Crippen LogP contribution < -0.4 is 5.73 Å². The molecule has 2 nitrogen and oxygen atoms in total. The van der Waals surface area contributed by atoms with E-state index in [9.17, 15) is 0 Å². The van der Waals surface area contributed by atoms with E-state index in [0.717, 1.165) is 26.0 Å². The molecule has 2 N–H and O–H groups in total. The maximum absolute atomic E-state index is 6.06. The van der Waals surface area contributed by atoms with Gasteiger partial charge in [-0.25, -0.2) is 0 Å². The number of hydrogen-bond acceptors (Lipinski definition) is 2. The van der Waals surface area contributed by atoms with E-state index in [0.29, 0.717) is 0 Å². The van der Waals surface area contributed by atoms with Crippen LogP contribution in [0, 0.1) is 0 Å². The zero-order valence-corrected chi connectivity index (χ0v) is 11.2. The minimum atomic E-state index is 0.0141. The van der Waals surface area contributed by atoms with Crippen molar-refractivity contribution in [3.05, 3.63) is 71.8 Å². The second-order valence-electron chi connectivity index (χ2n) is 4.57. The minimum absolute atomic E-state index is 0.0141. The minimum Gasteiger partial charge on any atom is -0.369 e. The van der Waals surface area contributed by atoms with Gasteiger partial charge >= 0.3 is 0 Å². The Kier molecular flexibility index (Phi) is 5.60. The maximum Gasteiger partial charge on any atom is 0.108 e. The molecule has 0 radical (unpaired) electrons. The Morgan fingerprint density at radius 2 is 1.32 bits per heavy atom. The Morgan fingerprint density at radius 3 is 1.79 bits per heavy atom. The van der Waals surface area contributed by atoms with Crippen LogP contribution in [-0.4, -0.2) is 13.2 Å². The first-order valence-electron chi connectivity index (χ1n) is 6.83. The Morgan fingerprint density at radius 1 is 0.789 bits per heavy atom. The predicted octanol–water partition coefficient (Wildman–Crippen LogP) is 3.53. The van der Waals surface area contributed by atoms with Gasteiger partial charge in [-0.3, -0.25) is 0 Å². The van der Waals surface area contributed by atoms with Crippen molar-refractivity contribution in [1.82, 2.24) is 0 Å². The fraction of sp³-hybridized carbons (Fsp3) is 0.294. The van der Waals surface area contributed by atoms with Gasteiger partial charge in [-0.1, -0.05) is 60.7 Å². The highest BCUT2D eigenvalue weighted by atomic mass is 16.5. The third kappa shape index (κ3) is 4.19. The highest BCUT2D eigenvalue weighted by Gasteiger charge is 2.13. The molecule has 0 aromatic heterocycles. The third-order valence-electron chi connectivity index (χ3n) is 3.09. The summed E-state index contributed by atoms with van der Waals surface area (Å²) in [6.07, 6.45) is 2.03. The lowest BCUT2D eigenvalue weighted by atomic mass is 10.0. The molecule has 0 bridgehead atoms. The smallest absolute Gasteiger partial charge is 0.108 e. The Bertz CT molecular complexity index is 416. The molecule has 0 unspecified atom stereocenters. The van der Waals surface area contributed by atoms with E-state index in [1.54, 1.807) is 0 Å². The fourth-order valence-electron chi connectivity index (χ4n) is 2.09. The molecule has 2 rings (SSSR count). The van der Waals surface area contributed by atoms with Gasteiger partial charge in [0.2, 0.25) is 0 Å². The van der Waals surface area contributed by atoms with Crippen molar-refractivity contribution in [1.29, 1.82) is 0 Å². The molecule has 0 heterocycles. The summed E-state index contributed by atoms with van der Waals surface area (Å²) in [4.78, 5) is 0. The molecule has 0 aliphatic carbocycles. The maximum atomic E-state index is 6.06. The Hall–Kier alpha value is -1.64. The molecule has 2 aromatic carbocycles. The number of hydrogen-bond donors (Lipinski definition) is 1. The summed E-state index contributed by atoms with van der Waals surface area (Å²) >= 11 is 0. The summed E-state index contributed by atoms with van der Waals surface area (Å²) in [5, 5.41) is 0. The van der Waals surface area contributed by atoms with Crippen molar-refractivity contribution in [2.24, 2.45) is 5.73 Å². The highest BCUT2D eigenvalue weighted by molar-refractivity contribution is 5.29. The SMILES string of the molecule is NCCCCOC(c1ccccc1)c1ccccc1. The van der Waals surface area contributed by atoms with Gasteiger partial charge in [0.05, 0.1) is 0 Å². The van der Waals surface area contributed by atoms with Crippen LogP contribution in [0.15, 0.2) is 60.7 Å². The van der Waals surface area contributed by atoms with E-state index in [2.05, 4.69) is 48.5 Å². The zero-order chi connectivity index (χ0) is 13.3. The molecule has 0 amide bonds. The number of unbranched alkanes of at least 4 members (excludes halogenated alkanes) is 1. The van der Waals surface area contributed by atoms with Crippen LogP contribution in [0.3, 0.4) is 0 Å². The zero-order valence-electron chi connectivity index (χ0n) is 11.2. The highest BCUT2D eigenvalue weighted by Crippen LogP contribution is 2.25. The number of rotatable bonds is 7. The van der Waals surface area contributed by atoms with E-state index in [1.165, 1.54) is 11.1 Å². The first-order valence-corrected chi connectivity index (χ1v) is 6.83. The van der Waals surface area contributed by atoms with E-state index in [1.807, 2.05) is 12.1 Å². The van der Waals surface area contributed by atoms with Gasteiger partial charge in [-0.15, -0.1) is 0 Å². The number of benzene rings is 2. The van der Waals surface area contributed by atoms with Crippen LogP contribution in [0.2, 0.25) is 0 Å². The van der Waals surface area contributed by atoms with Gasteiger partial charge in [0.25, 0.3) is 0 Å². The summed E-state index contributed by atoms with van der Waals surface area (Å²) in [6.45, 7) is 1.47. The molecule has 0 aliphatic rings. The third-order valence-corrected chi connectivity index (χ3v) is 3.09. The lowest BCUT2D eigenvalue weighted by Crippen LogP contribution is -2.08. The van der Waals surface area contributed by atoms with E-state index < -0.39 is 0 Å². The molecule has 19 heavy (non-hydrogen) atoms. The van der Waals surface area contributed by atoms with Crippen molar-refractivity contribution < 1.29 is 4.74 Å². The summed E-state index contributed by atoms with van der Waals surface area (Å²) in [6, 6.07) is 20.7. The van der Waals surface area contributed by atoms with Crippen molar-refractivity contribution in [3.8, 4) is 0 Å². The normalized spacial score (nSPS) is 10.8. The van der Waals surface area contributed by atoms with Crippen LogP contribution in [0.5, 0.6) is 0 Å². The summed E-state index contributed by atoms with van der Waals surface area (Å²) < 4.78 is 6.06. The van der Waals surface area contributed by atoms with Gasteiger partial charge < -0.3 is 10.5 Å². The molecule has 0 saturated carbocycles. The monoisotopic (exact) mass is 255 g/mol. The lowest BCUT2D eigenvalue weighted by molar-refractivity contribution is 0.0775. The first kappa shape index (κ1) is 13.8.